The summed E-state index contributed by atoms with van der Waals surface area (Å²) < 4.78 is 0. The first-order valence-electron chi connectivity index (χ1n) is 7.38. The van der Waals surface area contributed by atoms with Crippen molar-refractivity contribution in [2.75, 3.05) is 33.7 Å². The molecule has 110 valence electrons. The lowest BCUT2D eigenvalue weighted by Gasteiger charge is -2.32. The molecule has 1 aliphatic heterocycles. The maximum Gasteiger partial charge on any atom is 0.236 e. The van der Waals surface area contributed by atoms with Gasteiger partial charge in [0, 0.05) is 25.0 Å². The molecule has 0 atom stereocenters. The van der Waals surface area contributed by atoms with E-state index in [1.165, 1.54) is 5.56 Å². The van der Waals surface area contributed by atoms with Gasteiger partial charge in [-0.05, 0) is 63.9 Å². The van der Waals surface area contributed by atoms with E-state index in [0.717, 1.165) is 38.0 Å². The third-order valence-electron chi connectivity index (χ3n) is 3.90. The third kappa shape index (κ3) is 4.30. The molecule has 0 bridgehead atoms. The minimum absolute atomic E-state index is 0.258. The van der Waals surface area contributed by atoms with Crippen molar-refractivity contribution in [1.82, 2.24) is 14.8 Å². The van der Waals surface area contributed by atoms with Gasteiger partial charge in [-0.1, -0.05) is 0 Å². The number of hydrogen-bond donors (Lipinski definition) is 0. The van der Waals surface area contributed by atoms with Crippen LogP contribution in [0.25, 0.3) is 0 Å². The van der Waals surface area contributed by atoms with E-state index in [2.05, 4.69) is 17.1 Å². The fourth-order valence-electron chi connectivity index (χ4n) is 2.82. The van der Waals surface area contributed by atoms with Gasteiger partial charge in [0.25, 0.3) is 0 Å². The molecule has 2 heterocycles. The van der Waals surface area contributed by atoms with Crippen molar-refractivity contribution in [1.29, 1.82) is 0 Å². The summed E-state index contributed by atoms with van der Waals surface area (Å²) in [6.45, 7) is 4.36. The van der Waals surface area contributed by atoms with Gasteiger partial charge in [0.15, 0.2) is 0 Å². The normalized spacial score (nSPS) is 16.7. The molecule has 1 fully saturated rings. The Bertz CT molecular complexity index is 451. The van der Waals surface area contributed by atoms with Gasteiger partial charge in [-0.2, -0.15) is 0 Å². The van der Waals surface area contributed by atoms with Crippen molar-refractivity contribution < 1.29 is 4.79 Å². The predicted octanol–water partition coefficient (Wildman–Crippen LogP) is 1.73. The van der Waals surface area contributed by atoms with Gasteiger partial charge in [0.2, 0.25) is 5.91 Å². The number of piperidine rings is 1. The lowest BCUT2D eigenvalue weighted by molar-refractivity contribution is -0.133. The van der Waals surface area contributed by atoms with Crippen molar-refractivity contribution in [3.63, 3.8) is 0 Å². The molecule has 4 heteroatoms. The standard InChI is InChI=1S/C16H25N3O/c1-13-10-15(4-7-17-13)11-14-5-8-19(9-6-14)16(20)12-18(2)3/h4,7,10,14H,5-6,8-9,11-12H2,1-3H3. The molecule has 4 nitrogen and oxygen atoms in total. The average molecular weight is 275 g/mol. The van der Waals surface area contributed by atoms with E-state index in [0.29, 0.717) is 12.5 Å². The minimum Gasteiger partial charge on any atom is -0.342 e. The van der Waals surface area contributed by atoms with Crippen LogP contribution in [0.4, 0.5) is 0 Å². The summed E-state index contributed by atoms with van der Waals surface area (Å²) >= 11 is 0. The summed E-state index contributed by atoms with van der Waals surface area (Å²) in [5.41, 5.74) is 2.46. The Kier molecular flexibility index (Phi) is 5.12. The molecule has 0 unspecified atom stereocenters. The molecule has 0 radical (unpaired) electrons. The zero-order chi connectivity index (χ0) is 14.5. The molecule has 20 heavy (non-hydrogen) atoms. The number of aryl methyl sites for hydroxylation is 1. The van der Waals surface area contributed by atoms with Crippen LogP contribution in [0.5, 0.6) is 0 Å². The number of pyridine rings is 1. The first-order chi connectivity index (χ1) is 9.54. The molecule has 1 aliphatic rings. The van der Waals surface area contributed by atoms with Crippen LogP contribution in [0.15, 0.2) is 18.3 Å². The Balaban J connectivity index is 1.81. The zero-order valence-corrected chi connectivity index (χ0v) is 12.8. The molecule has 1 saturated heterocycles. The van der Waals surface area contributed by atoms with E-state index in [1.807, 2.05) is 37.0 Å². The Morgan fingerprint density at radius 3 is 2.70 bits per heavy atom. The second kappa shape index (κ2) is 6.84. The van der Waals surface area contributed by atoms with E-state index in [1.54, 1.807) is 0 Å². The molecule has 2 rings (SSSR count). The van der Waals surface area contributed by atoms with Crippen molar-refractivity contribution in [2.24, 2.45) is 5.92 Å². The quantitative estimate of drug-likeness (QED) is 0.839. The lowest BCUT2D eigenvalue weighted by Crippen LogP contribution is -2.42. The number of likely N-dealkylation sites (tertiary alicyclic amines) is 1. The summed E-state index contributed by atoms with van der Waals surface area (Å²) in [7, 11) is 3.88. The van der Waals surface area contributed by atoms with Crippen LogP contribution in [-0.2, 0) is 11.2 Å². The molecule has 0 aromatic carbocycles. The zero-order valence-electron chi connectivity index (χ0n) is 12.8. The first-order valence-corrected chi connectivity index (χ1v) is 7.38. The van der Waals surface area contributed by atoms with Crippen LogP contribution in [-0.4, -0.2) is 54.4 Å². The fraction of sp³-hybridized carbons (Fsp3) is 0.625. The van der Waals surface area contributed by atoms with Crippen molar-refractivity contribution in [2.45, 2.75) is 26.2 Å². The second-order valence-electron chi connectivity index (χ2n) is 6.07. The number of amides is 1. The molecule has 0 aliphatic carbocycles. The number of carbonyl (C=O) groups excluding carboxylic acids is 1. The summed E-state index contributed by atoms with van der Waals surface area (Å²) in [5, 5.41) is 0. The summed E-state index contributed by atoms with van der Waals surface area (Å²) in [4.78, 5) is 20.2. The highest BCUT2D eigenvalue weighted by molar-refractivity contribution is 5.78. The number of aromatic nitrogens is 1. The van der Waals surface area contributed by atoms with Gasteiger partial charge < -0.3 is 9.80 Å². The number of hydrogen-bond acceptors (Lipinski definition) is 3. The largest absolute Gasteiger partial charge is 0.342 e. The third-order valence-corrected chi connectivity index (χ3v) is 3.90. The number of likely N-dealkylation sites (N-methyl/N-ethyl adjacent to an activating group) is 1. The molecule has 1 aromatic rings. The smallest absolute Gasteiger partial charge is 0.236 e. The molecule has 1 amide bonds. The van der Waals surface area contributed by atoms with Gasteiger partial charge in [0.1, 0.15) is 0 Å². The van der Waals surface area contributed by atoms with Crippen LogP contribution >= 0.6 is 0 Å². The summed E-state index contributed by atoms with van der Waals surface area (Å²) in [6, 6.07) is 4.28. The molecular weight excluding hydrogens is 250 g/mol. The Morgan fingerprint density at radius 1 is 1.40 bits per heavy atom. The van der Waals surface area contributed by atoms with Crippen LogP contribution < -0.4 is 0 Å². The van der Waals surface area contributed by atoms with Crippen LogP contribution in [0, 0.1) is 12.8 Å². The highest BCUT2D eigenvalue weighted by Crippen LogP contribution is 2.21. The molecule has 0 spiro atoms. The Labute approximate surface area is 121 Å². The summed E-state index contributed by atoms with van der Waals surface area (Å²) in [6.07, 6.45) is 5.22. The van der Waals surface area contributed by atoms with Crippen LogP contribution in [0.2, 0.25) is 0 Å². The lowest BCUT2D eigenvalue weighted by atomic mass is 9.90. The molecular formula is C16H25N3O. The predicted molar refractivity (Wildman–Crippen MR) is 80.5 cm³/mol. The van der Waals surface area contributed by atoms with Gasteiger partial charge in [-0.15, -0.1) is 0 Å². The topological polar surface area (TPSA) is 36.4 Å². The molecule has 0 saturated carbocycles. The highest BCUT2D eigenvalue weighted by Gasteiger charge is 2.23. The monoisotopic (exact) mass is 275 g/mol. The van der Waals surface area contributed by atoms with E-state index in [-0.39, 0.29) is 5.91 Å². The molecule has 1 aromatic heterocycles. The number of nitrogens with zero attached hydrogens (tertiary/aromatic N) is 3. The maximum atomic E-state index is 12.0. The highest BCUT2D eigenvalue weighted by atomic mass is 16.2. The van der Waals surface area contributed by atoms with E-state index in [9.17, 15) is 4.79 Å². The van der Waals surface area contributed by atoms with Crippen molar-refractivity contribution in [3.8, 4) is 0 Å². The minimum atomic E-state index is 0.258. The second-order valence-corrected chi connectivity index (χ2v) is 6.07. The Hall–Kier alpha value is -1.42. The first kappa shape index (κ1) is 15.0. The van der Waals surface area contributed by atoms with Crippen LogP contribution in [0.3, 0.4) is 0 Å². The number of rotatable bonds is 4. The van der Waals surface area contributed by atoms with Gasteiger partial charge in [-0.3, -0.25) is 9.78 Å². The van der Waals surface area contributed by atoms with Gasteiger partial charge in [-0.25, -0.2) is 0 Å². The SMILES string of the molecule is Cc1cc(CC2CCN(C(=O)CN(C)C)CC2)ccn1. The Morgan fingerprint density at radius 2 is 2.10 bits per heavy atom. The van der Waals surface area contributed by atoms with E-state index < -0.39 is 0 Å². The van der Waals surface area contributed by atoms with Crippen LogP contribution in [0.1, 0.15) is 24.1 Å². The van der Waals surface area contributed by atoms with Gasteiger partial charge >= 0.3 is 0 Å². The number of carbonyl (C=O) groups is 1. The van der Waals surface area contributed by atoms with E-state index in [4.69, 9.17) is 0 Å². The van der Waals surface area contributed by atoms with Crippen molar-refractivity contribution in [3.05, 3.63) is 29.6 Å². The van der Waals surface area contributed by atoms with Crippen molar-refractivity contribution >= 4 is 5.91 Å². The van der Waals surface area contributed by atoms with E-state index >= 15 is 0 Å². The fourth-order valence-corrected chi connectivity index (χ4v) is 2.82. The average Bonchev–Trinajstić information content (AvgIpc) is 2.38. The summed E-state index contributed by atoms with van der Waals surface area (Å²) in [5.74, 6) is 0.952. The maximum absolute atomic E-state index is 12.0. The molecule has 0 N–H and O–H groups in total. The van der Waals surface area contributed by atoms with Gasteiger partial charge in [0.05, 0.1) is 6.54 Å².